The van der Waals surface area contributed by atoms with E-state index >= 15 is 0 Å². The molecule has 0 unspecified atom stereocenters. The Hall–Kier alpha value is -1.77. The van der Waals surface area contributed by atoms with Crippen molar-refractivity contribution < 1.29 is 14.3 Å². The summed E-state index contributed by atoms with van der Waals surface area (Å²) in [5.74, 6) is 1.75. The minimum Gasteiger partial charge on any atom is -0.462 e. The first-order chi connectivity index (χ1) is 7.11. The summed E-state index contributed by atoms with van der Waals surface area (Å²) in [5, 5.41) is 0. The first-order valence-electron chi connectivity index (χ1n) is 4.71. The Morgan fingerprint density at radius 2 is 1.53 bits per heavy atom. The smallest absolute Gasteiger partial charge is 0.308 e. The molecule has 0 fully saturated rings. The van der Waals surface area contributed by atoms with E-state index in [4.69, 9.17) is 9.47 Å². The van der Waals surface area contributed by atoms with Crippen molar-refractivity contribution in [1.82, 2.24) is 0 Å². The fraction of sp³-hybridized carbons (Fsp3) is 0.250. The maximum Gasteiger partial charge on any atom is 0.308 e. The number of carbonyl (C=O) groups excluding carboxylic acids is 1. The third kappa shape index (κ3) is 3.85. The summed E-state index contributed by atoms with van der Waals surface area (Å²) < 4.78 is 10.3. The molecule has 0 N–H and O–H groups in total. The lowest BCUT2D eigenvalue weighted by Gasteiger charge is -2.06. The first-order valence-corrected chi connectivity index (χ1v) is 4.71. The molecule has 0 aromatic heterocycles. The van der Waals surface area contributed by atoms with E-state index in [1.165, 1.54) is 6.92 Å². The highest BCUT2D eigenvalue weighted by Crippen LogP contribution is 2.19. The van der Waals surface area contributed by atoms with Crippen LogP contribution in [0, 0.1) is 0 Å². The second kappa shape index (κ2) is 5.20. The third-order valence-corrected chi connectivity index (χ3v) is 1.77. The van der Waals surface area contributed by atoms with Gasteiger partial charge in [0.25, 0.3) is 0 Å². The molecule has 3 nitrogen and oxygen atoms in total. The second-order valence-corrected chi connectivity index (χ2v) is 3.07. The molecule has 0 bridgehead atoms. The van der Waals surface area contributed by atoms with E-state index in [0.717, 1.165) is 11.5 Å². The molecule has 0 aliphatic heterocycles. The normalized spacial score (nSPS) is 11.0. The van der Waals surface area contributed by atoms with Gasteiger partial charge >= 0.3 is 5.97 Å². The lowest BCUT2D eigenvalue weighted by molar-refractivity contribution is -0.131. The van der Waals surface area contributed by atoms with Crippen molar-refractivity contribution in [2.24, 2.45) is 0 Å². The fourth-order valence-electron chi connectivity index (χ4n) is 0.987. The van der Waals surface area contributed by atoms with Crippen LogP contribution in [0.2, 0.25) is 0 Å². The SMILES string of the molecule is C/C=C(/C)Oc1ccc(OC(C)=O)cc1. The Balaban J connectivity index is 2.68. The van der Waals surface area contributed by atoms with Gasteiger partial charge in [0.15, 0.2) is 0 Å². The van der Waals surface area contributed by atoms with Crippen LogP contribution in [0.1, 0.15) is 20.8 Å². The molecular weight excluding hydrogens is 192 g/mol. The van der Waals surface area contributed by atoms with E-state index in [-0.39, 0.29) is 5.97 Å². The molecular formula is C12H14O3. The van der Waals surface area contributed by atoms with Crippen molar-refractivity contribution in [3.05, 3.63) is 36.1 Å². The number of allylic oxidation sites excluding steroid dienone is 2. The molecule has 0 spiro atoms. The van der Waals surface area contributed by atoms with Crippen molar-refractivity contribution in [3.8, 4) is 11.5 Å². The predicted molar refractivity (Wildman–Crippen MR) is 57.8 cm³/mol. The summed E-state index contributed by atoms with van der Waals surface area (Å²) in [6, 6.07) is 6.90. The summed E-state index contributed by atoms with van der Waals surface area (Å²) in [5.41, 5.74) is 0. The van der Waals surface area contributed by atoms with Crippen LogP contribution in [0.25, 0.3) is 0 Å². The van der Waals surface area contributed by atoms with Crippen molar-refractivity contribution in [3.63, 3.8) is 0 Å². The van der Waals surface area contributed by atoms with Crippen LogP contribution in [0.3, 0.4) is 0 Å². The van der Waals surface area contributed by atoms with E-state index in [2.05, 4.69) is 0 Å². The molecule has 0 saturated heterocycles. The van der Waals surface area contributed by atoms with E-state index in [9.17, 15) is 4.79 Å². The average molecular weight is 206 g/mol. The molecule has 0 atom stereocenters. The quantitative estimate of drug-likeness (QED) is 0.433. The molecule has 0 saturated carbocycles. The van der Waals surface area contributed by atoms with Gasteiger partial charge in [-0.25, -0.2) is 0 Å². The maximum atomic E-state index is 10.7. The van der Waals surface area contributed by atoms with E-state index in [0.29, 0.717) is 5.75 Å². The molecule has 80 valence electrons. The van der Waals surface area contributed by atoms with E-state index < -0.39 is 0 Å². The zero-order chi connectivity index (χ0) is 11.3. The van der Waals surface area contributed by atoms with Gasteiger partial charge in [-0.3, -0.25) is 4.79 Å². The Labute approximate surface area is 89.3 Å². The van der Waals surface area contributed by atoms with Gasteiger partial charge in [-0.05, 0) is 44.2 Å². The molecule has 1 rings (SSSR count). The van der Waals surface area contributed by atoms with Crippen LogP contribution in [0.15, 0.2) is 36.1 Å². The molecule has 3 heteroatoms. The van der Waals surface area contributed by atoms with Gasteiger partial charge in [0, 0.05) is 6.92 Å². The lowest BCUT2D eigenvalue weighted by atomic mass is 10.3. The molecule has 1 aromatic carbocycles. The number of benzene rings is 1. The van der Waals surface area contributed by atoms with Crippen LogP contribution in [0.5, 0.6) is 11.5 Å². The molecule has 0 amide bonds. The van der Waals surface area contributed by atoms with Crippen LogP contribution in [0.4, 0.5) is 0 Å². The van der Waals surface area contributed by atoms with Crippen molar-refractivity contribution in [1.29, 1.82) is 0 Å². The van der Waals surface area contributed by atoms with E-state index in [1.54, 1.807) is 24.3 Å². The highest BCUT2D eigenvalue weighted by Gasteiger charge is 1.99. The van der Waals surface area contributed by atoms with Gasteiger partial charge in [0.2, 0.25) is 0 Å². The molecule has 0 heterocycles. The molecule has 15 heavy (non-hydrogen) atoms. The molecule has 1 aromatic rings. The minimum atomic E-state index is -0.326. The molecule has 0 aliphatic rings. The topological polar surface area (TPSA) is 35.5 Å². The summed E-state index contributed by atoms with van der Waals surface area (Å²) in [4.78, 5) is 10.7. The Morgan fingerprint density at radius 3 is 1.93 bits per heavy atom. The van der Waals surface area contributed by atoms with Crippen molar-refractivity contribution >= 4 is 5.97 Å². The van der Waals surface area contributed by atoms with Crippen molar-refractivity contribution in [2.75, 3.05) is 0 Å². The van der Waals surface area contributed by atoms with Gasteiger partial charge in [-0.1, -0.05) is 0 Å². The first kappa shape index (κ1) is 11.3. The summed E-state index contributed by atoms with van der Waals surface area (Å²) in [6.45, 7) is 5.15. The standard InChI is InChI=1S/C12H14O3/c1-4-9(2)14-11-5-7-12(8-6-11)15-10(3)13/h4-8H,1-3H3/b9-4-. The number of esters is 1. The van der Waals surface area contributed by atoms with Gasteiger partial charge in [0.05, 0.1) is 5.76 Å². The fourth-order valence-corrected chi connectivity index (χ4v) is 0.987. The molecule has 0 aliphatic carbocycles. The second-order valence-electron chi connectivity index (χ2n) is 3.07. The molecule has 0 radical (unpaired) electrons. The van der Waals surface area contributed by atoms with Crippen LogP contribution in [-0.4, -0.2) is 5.97 Å². The highest BCUT2D eigenvalue weighted by atomic mass is 16.5. The number of hydrogen-bond acceptors (Lipinski definition) is 3. The Kier molecular flexibility index (Phi) is 3.92. The monoisotopic (exact) mass is 206 g/mol. The maximum absolute atomic E-state index is 10.7. The Bertz CT molecular complexity index is 363. The zero-order valence-corrected chi connectivity index (χ0v) is 9.11. The van der Waals surface area contributed by atoms with Gasteiger partial charge < -0.3 is 9.47 Å². The van der Waals surface area contributed by atoms with Crippen LogP contribution < -0.4 is 9.47 Å². The Morgan fingerprint density at radius 1 is 1.07 bits per heavy atom. The summed E-state index contributed by atoms with van der Waals surface area (Å²) >= 11 is 0. The zero-order valence-electron chi connectivity index (χ0n) is 9.11. The predicted octanol–water partition coefficient (Wildman–Crippen LogP) is 2.91. The van der Waals surface area contributed by atoms with Gasteiger partial charge in [0.1, 0.15) is 11.5 Å². The number of ether oxygens (including phenoxy) is 2. The van der Waals surface area contributed by atoms with Gasteiger partial charge in [-0.2, -0.15) is 0 Å². The van der Waals surface area contributed by atoms with Crippen LogP contribution >= 0.6 is 0 Å². The number of carbonyl (C=O) groups is 1. The largest absolute Gasteiger partial charge is 0.462 e. The minimum absolute atomic E-state index is 0.326. The highest BCUT2D eigenvalue weighted by molar-refractivity contribution is 5.69. The number of hydrogen-bond donors (Lipinski definition) is 0. The van der Waals surface area contributed by atoms with Gasteiger partial charge in [-0.15, -0.1) is 0 Å². The average Bonchev–Trinajstić information content (AvgIpc) is 2.20. The van der Waals surface area contributed by atoms with Crippen molar-refractivity contribution in [2.45, 2.75) is 20.8 Å². The van der Waals surface area contributed by atoms with E-state index in [1.807, 2.05) is 19.9 Å². The van der Waals surface area contributed by atoms with Crippen LogP contribution in [-0.2, 0) is 4.79 Å². The lowest BCUT2D eigenvalue weighted by Crippen LogP contribution is -2.01. The third-order valence-electron chi connectivity index (χ3n) is 1.77. The summed E-state index contributed by atoms with van der Waals surface area (Å²) in [7, 11) is 0. The summed E-state index contributed by atoms with van der Waals surface area (Å²) in [6.07, 6.45) is 1.87. The number of rotatable bonds is 3.